The number of aromatic nitrogens is 3. The number of hydrogen-bond acceptors (Lipinski definition) is 7. The second kappa shape index (κ2) is 8.33. The number of dihydropyridines is 1. The molecule has 0 fully saturated rings. The Balaban J connectivity index is 1.73. The van der Waals surface area contributed by atoms with Crippen molar-refractivity contribution in [1.82, 2.24) is 19.9 Å². The number of aliphatic imine (C=N–C) groups is 1. The van der Waals surface area contributed by atoms with Gasteiger partial charge >= 0.3 is 0 Å². The molecule has 31 heavy (non-hydrogen) atoms. The van der Waals surface area contributed by atoms with Crippen molar-refractivity contribution in [3.05, 3.63) is 52.1 Å². The molecule has 1 aliphatic carbocycles. The summed E-state index contributed by atoms with van der Waals surface area (Å²) >= 11 is 3.39. The molecule has 0 saturated carbocycles. The minimum absolute atomic E-state index is 0.152. The Kier molecular flexibility index (Phi) is 5.73. The topological polar surface area (TPSA) is 138 Å². The highest BCUT2D eigenvalue weighted by atomic mass is 79.9. The normalized spacial score (nSPS) is 22.0. The molecule has 1 aliphatic heterocycles. The Morgan fingerprint density at radius 2 is 2.23 bits per heavy atom. The monoisotopic (exact) mass is 490 g/mol. The van der Waals surface area contributed by atoms with E-state index >= 15 is 0 Å². The molecule has 4 rings (SSSR count). The van der Waals surface area contributed by atoms with Crippen LogP contribution in [0.1, 0.15) is 24.2 Å². The summed E-state index contributed by atoms with van der Waals surface area (Å²) in [5.41, 5.74) is 8.46. The fraction of sp³-hybridized carbons (Fsp3) is 0.300. The minimum Gasteiger partial charge on any atom is -0.393 e. The molecule has 0 aromatic carbocycles. The first-order valence-corrected chi connectivity index (χ1v) is 10.3. The molecule has 162 valence electrons. The lowest BCUT2D eigenvalue weighted by molar-refractivity contribution is -0.131. The first kappa shape index (κ1) is 21.3. The van der Waals surface area contributed by atoms with Gasteiger partial charge in [-0.15, -0.1) is 0 Å². The first-order valence-electron chi connectivity index (χ1n) is 9.53. The van der Waals surface area contributed by atoms with Crippen LogP contribution in [-0.2, 0) is 4.79 Å². The third-order valence-corrected chi connectivity index (χ3v) is 5.97. The van der Waals surface area contributed by atoms with Crippen LogP contribution >= 0.6 is 15.9 Å². The van der Waals surface area contributed by atoms with E-state index in [1.165, 1.54) is 16.7 Å². The van der Waals surface area contributed by atoms with Crippen LogP contribution in [0.4, 0.5) is 10.2 Å². The number of anilines is 1. The number of amides is 1. The number of nitrogens with one attached hydrogen (secondary N) is 1. The number of rotatable bonds is 5. The van der Waals surface area contributed by atoms with Gasteiger partial charge in [-0.25, -0.2) is 9.37 Å². The van der Waals surface area contributed by atoms with Gasteiger partial charge in [-0.2, -0.15) is 9.61 Å². The van der Waals surface area contributed by atoms with Crippen LogP contribution in [-0.4, -0.2) is 55.7 Å². The van der Waals surface area contributed by atoms with Gasteiger partial charge in [0.05, 0.1) is 35.1 Å². The largest absolute Gasteiger partial charge is 0.393 e. The van der Waals surface area contributed by atoms with E-state index in [1.807, 2.05) is 6.08 Å². The molecule has 3 heterocycles. The number of carbonyl (C=O) groups excluding carboxylic acids is 1. The quantitative estimate of drug-likeness (QED) is 0.500. The van der Waals surface area contributed by atoms with Gasteiger partial charge in [0.1, 0.15) is 11.6 Å². The van der Waals surface area contributed by atoms with E-state index in [4.69, 9.17) is 10.8 Å². The highest BCUT2D eigenvalue weighted by Gasteiger charge is 2.26. The lowest BCUT2D eigenvalue weighted by Gasteiger charge is -2.22. The second-order valence-corrected chi connectivity index (χ2v) is 8.09. The lowest BCUT2D eigenvalue weighted by atomic mass is 9.89. The molecule has 3 unspecified atom stereocenters. The van der Waals surface area contributed by atoms with E-state index in [9.17, 15) is 14.3 Å². The van der Waals surface area contributed by atoms with E-state index < -0.39 is 24.7 Å². The van der Waals surface area contributed by atoms with E-state index in [0.717, 1.165) is 5.57 Å². The van der Waals surface area contributed by atoms with Crippen LogP contribution in [0, 0.1) is 5.92 Å². The predicted molar refractivity (Wildman–Crippen MR) is 117 cm³/mol. The summed E-state index contributed by atoms with van der Waals surface area (Å²) in [6, 6.07) is -0.780. The van der Waals surface area contributed by atoms with Crippen molar-refractivity contribution in [3.63, 3.8) is 0 Å². The molecule has 0 radical (unpaired) electrons. The van der Waals surface area contributed by atoms with E-state index in [2.05, 4.69) is 36.3 Å². The van der Waals surface area contributed by atoms with E-state index in [-0.39, 0.29) is 23.6 Å². The standard InChI is InChI=1S/C20H20BrFN6O3/c1-9(26-20(31)15(30)8-29)17-16(21)18(23)28-19(27-17)13(7-25-28)11-4-10-5-12(22)2-3-14(10)24-6-11/h2-7,9-10,14-15,29-30H,8,23H2,1H3,(H,26,31)/t9?,10?,14?,15-/m0/s1. The van der Waals surface area contributed by atoms with Crippen molar-refractivity contribution in [2.75, 3.05) is 12.3 Å². The highest BCUT2D eigenvalue weighted by Crippen LogP contribution is 2.33. The smallest absolute Gasteiger partial charge is 0.251 e. The average Bonchev–Trinajstić information content (AvgIpc) is 3.19. The molecule has 1 amide bonds. The molecule has 9 nitrogen and oxygen atoms in total. The summed E-state index contributed by atoms with van der Waals surface area (Å²) < 4.78 is 15.6. The SMILES string of the molecule is CC(NC(=O)[C@@H](O)CO)c1nc2c(C3=CC4C=C(F)C=CC4N=C3)cnn2c(N)c1Br. The van der Waals surface area contributed by atoms with Crippen LogP contribution < -0.4 is 11.1 Å². The highest BCUT2D eigenvalue weighted by molar-refractivity contribution is 9.10. The fourth-order valence-electron chi connectivity index (χ4n) is 3.49. The summed E-state index contributed by atoms with van der Waals surface area (Å²) in [6.07, 6.45) is 8.30. The van der Waals surface area contributed by atoms with Crippen LogP contribution in [0.15, 0.2) is 45.8 Å². The summed E-state index contributed by atoms with van der Waals surface area (Å²) in [7, 11) is 0. The van der Waals surface area contributed by atoms with Crippen molar-refractivity contribution in [3.8, 4) is 0 Å². The first-order chi connectivity index (χ1) is 14.8. The van der Waals surface area contributed by atoms with Gasteiger partial charge in [0, 0.05) is 23.3 Å². The molecule has 11 heteroatoms. The number of allylic oxidation sites excluding steroid dienone is 3. The number of nitrogens with zero attached hydrogens (tertiary/aromatic N) is 4. The summed E-state index contributed by atoms with van der Waals surface area (Å²) in [5, 5.41) is 25.4. The van der Waals surface area contributed by atoms with E-state index in [1.54, 1.807) is 25.4 Å². The van der Waals surface area contributed by atoms with Crippen molar-refractivity contribution in [2.24, 2.45) is 10.9 Å². The van der Waals surface area contributed by atoms with Gasteiger partial charge in [-0.3, -0.25) is 9.79 Å². The maximum Gasteiger partial charge on any atom is 0.251 e. The number of nitrogens with two attached hydrogens (primary N) is 1. The molecule has 0 saturated heterocycles. The molecule has 2 aromatic rings. The number of carbonyl (C=O) groups is 1. The minimum atomic E-state index is -1.54. The van der Waals surface area contributed by atoms with Crippen molar-refractivity contribution < 1.29 is 19.4 Å². The molecule has 4 atom stereocenters. The average molecular weight is 491 g/mol. The Morgan fingerprint density at radius 1 is 1.45 bits per heavy atom. The molecular weight excluding hydrogens is 471 g/mol. The van der Waals surface area contributed by atoms with Crippen molar-refractivity contribution in [1.29, 1.82) is 0 Å². The third-order valence-electron chi connectivity index (χ3n) is 5.16. The van der Waals surface area contributed by atoms with E-state index in [0.29, 0.717) is 21.4 Å². The predicted octanol–water partition coefficient (Wildman–Crippen LogP) is 1.48. The number of hydrogen-bond donors (Lipinski definition) is 4. The van der Waals surface area contributed by atoms with Crippen LogP contribution in [0.5, 0.6) is 0 Å². The van der Waals surface area contributed by atoms with Gasteiger partial charge in [0.2, 0.25) is 0 Å². The third kappa shape index (κ3) is 3.91. The Bertz CT molecular complexity index is 1170. The molecule has 0 spiro atoms. The zero-order valence-electron chi connectivity index (χ0n) is 16.4. The Hall–Kier alpha value is -2.89. The van der Waals surface area contributed by atoms with Gasteiger partial charge in [-0.1, -0.05) is 12.2 Å². The Labute approximate surface area is 185 Å². The van der Waals surface area contributed by atoms with Crippen LogP contribution in [0.25, 0.3) is 11.2 Å². The fourth-order valence-corrected chi connectivity index (χ4v) is 4.09. The Morgan fingerprint density at radius 3 is 2.97 bits per heavy atom. The zero-order chi connectivity index (χ0) is 22.3. The zero-order valence-corrected chi connectivity index (χ0v) is 18.0. The number of nitrogen functional groups attached to an aromatic ring is 1. The van der Waals surface area contributed by atoms with Gasteiger partial charge in [0.15, 0.2) is 11.8 Å². The molecule has 0 bridgehead atoms. The van der Waals surface area contributed by atoms with Crippen LogP contribution in [0.3, 0.4) is 0 Å². The number of aliphatic hydroxyl groups is 2. The molecular formula is C20H20BrFN6O3. The van der Waals surface area contributed by atoms with Crippen molar-refractivity contribution >= 4 is 45.1 Å². The molecule has 2 aliphatic rings. The van der Waals surface area contributed by atoms with Gasteiger partial charge in [0.25, 0.3) is 5.91 Å². The number of aliphatic hydroxyl groups excluding tert-OH is 2. The maximum absolute atomic E-state index is 13.7. The molecule has 5 N–H and O–H groups in total. The maximum atomic E-state index is 13.7. The van der Waals surface area contributed by atoms with Gasteiger partial charge in [-0.05, 0) is 35.0 Å². The number of fused-ring (bicyclic) bond motifs is 2. The van der Waals surface area contributed by atoms with Crippen LogP contribution in [0.2, 0.25) is 0 Å². The number of halogens is 2. The van der Waals surface area contributed by atoms with Gasteiger partial charge < -0.3 is 21.3 Å². The summed E-state index contributed by atoms with van der Waals surface area (Å²) in [4.78, 5) is 21.1. The molecule has 2 aromatic heterocycles. The van der Waals surface area contributed by atoms with Crippen molar-refractivity contribution in [2.45, 2.75) is 25.1 Å². The summed E-state index contributed by atoms with van der Waals surface area (Å²) in [6.45, 7) is 0.982. The lowest BCUT2D eigenvalue weighted by Crippen LogP contribution is -2.38. The second-order valence-electron chi connectivity index (χ2n) is 7.30. The summed E-state index contributed by atoms with van der Waals surface area (Å²) in [5.74, 6) is -0.988.